The van der Waals surface area contributed by atoms with Crippen molar-refractivity contribution in [2.45, 2.75) is 57.6 Å². The summed E-state index contributed by atoms with van der Waals surface area (Å²) >= 11 is 6.49. The van der Waals surface area contributed by atoms with Crippen LogP contribution in [0.4, 0.5) is 11.8 Å². The molecule has 0 N–H and O–H groups in total. The second-order valence-corrected chi connectivity index (χ2v) is 9.55. The van der Waals surface area contributed by atoms with Crippen molar-refractivity contribution in [3.8, 4) is 5.75 Å². The van der Waals surface area contributed by atoms with Gasteiger partial charge in [0.2, 0.25) is 5.95 Å². The second kappa shape index (κ2) is 10.7. The zero-order valence-corrected chi connectivity index (χ0v) is 20.4. The van der Waals surface area contributed by atoms with Crippen LogP contribution in [0, 0.1) is 0 Å². The van der Waals surface area contributed by atoms with Gasteiger partial charge in [0.25, 0.3) is 0 Å². The molecule has 3 heterocycles. The van der Waals surface area contributed by atoms with Gasteiger partial charge in [0, 0.05) is 45.7 Å². The number of carbonyl (C=O) groups is 1. The van der Waals surface area contributed by atoms with Gasteiger partial charge in [-0.2, -0.15) is 4.98 Å². The van der Waals surface area contributed by atoms with Gasteiger partial charge in [0.15, 0.2) is 5.82 Å². The summed E-state index contributed by atoms with van der Waals surface area (Å²) in [7, 11) is 2.04. The van der Waals surface area contributed by atoms with Crippen LogP contribution in [-0.2, 0) is 9.53 Å². The first-order valence-corrected chi connectivity index (χ1v) is 12.1. The Morgan fingerprint density at radius 1 is 1.27 bits per heavy atom. The lowest BCUT2D eigenvalue weighted by atomic mass is 9.96. The number of anilines is 2. The molecule has 8 heteroatoms. The predicted molar refractivity (Wildman–Crippen MR) is 131 cm³/mol. The van der Waals surface area contributed by atoms with Gasteiger partial charge in [-0.3, -0.25) is 0 Å². The molecule has 0 saturated carbocycles. The average Bonchev–Trinajstić information content (AvgIpc) is 3.27. The topological polar surface area (TPSA) is 67.8 Å². The highest BCUT2D eigenvalue weighted by molar-refractivity contribution is 6.32. The first kappa shape index (κ1) is 23.8. The standard InChI is InChI=1S/C25H33ClN4O3/c1-17(14-18(2)31)19-4-6-21(7-5-19)33-22-8-11-30(16-22)24-23(26)15-27-25(28-24)29(3)20-9-12-32-13-10-20/h4-7,15,17,20,22H,8-14,16H2,1-3H3/t17-,22-/m1/s1. The van der Waals surface area contributed by atoms with E-state index < -0.39 is 0 Å². The summed E-state index contributed by atoms with van der Waals surface area (Å²) in [4.78, 5) is 25.0. The number of aromatic nitrogens is 2. The van der Waals surface area contributed by atoms with Gasteiger partial charge < -0.3 is 24.1 Å². The summed E-state index contributed by atoms with van der Waals surface area (Å²) in [6, 6.07) is 8.47. The Bertz CT molecular complexity index is 949. The van der Waals surface area contributed by atoms with Gasteiger partial charge in [0.1, 0.15) is 22.7 Å². The van der Waals surface area contributed by atoms with E-state index in [0.717, 1.165) is 62.7 Å². The van der Waals surface area contributed by atoms with Gasteiger partial charge in [-0.25, -0.2) is 4.98 Å². The van der Waals surface area contributed by atoms with Gasteiger partial charge in [-0.15, -0.1) is 0 Å². The molecule has 33 heavy (non-hydrogen) atoms. The van der Waals surface area contributed by atoms with Crippen LogP contribution in [0.2, 0.25) is 5.02 Å². The maximum atomic E-state index is 11.4. The fourth-order valence-corrected chi connectivity index (χ4v) is 4.82. The first-order valence-electron chi connectivity index (χ1n) is 11.7. The smallest absolute Gasteiger partial charge is 0.227 e. The molecule has 0 aliphatic carbocycles. The normalized spacial score (nSPS) is 20.0. The second-order valence-electron chi connectivity index (χ2n) is 9.15. The molecular formula is C25H33ClN4O3. The number of benzene rings is 1. The number of carbonyl (C=O) groups excluding carboxylic acids is 1. The van der Waals surface area contributed by atoms with Crippen molar-refractivity contribution >= 4 is 29.2 Å². The molecule has 0 bridgehead atoms. The van der Waals surface area contributed by atoms with Crippen LogP contribution in [0.15, 0.2) is 30.5 Å². The minimum atomic E-state index is 0.0631. The molecule has 0 unspecified atom stereocenters. The quantitative estimate of drug-likeness (QED) is 0.560. The van der Waals surface area contributed by atoms with E-state index in [-0.39, 0.29) is 17.8 Å². The third-order valence-corrected chi connectivity index (χ3v) is 6.82. The number of hydrogen-bond acceptors (Lipinski definition) is 7. The summed E-state index contributed by atoms with van der Waals surface area (Å²) in [6.07, 6.45) is 5.17. The van der Waals surface area contributed by atoms with Crippen molar-refractivity contribution < 1.29 is 14.3 Å². The van der Waals surface area contributed by atoms with E-state index in [1.165, 1.54) is 0 Å². The van der Waals surface area contributed by atoms with Gasteiger partial charge in [-0.05, 0) is 43.4 Å². The predicted octanol–water partition coefficient (Wildman–Crippen LogP) is 4.49. The molecule has 2 aliphatic heterocycles. The third-order valence-electron chi connectivity index (χ3n) is 6.56. The Morgan fingerprint density at radius 3 is 2.70 bits per heavy atom. The van der Waals surface area contributed by atoms with Gasteiger partial charge in [0.05, 0.1) is 12.7 Å². The van der Waals surface area contributed by atoms with E-state index in [9.17, 15) is 4.79 Å². The Balaban J connectivity index is 1.38. The minimum Gasteiger partial charge on any atom is -0.489 e. The van der Waals surface area contributed by atoms with Crippen LogP contribution in [0.25, 0.3) is 0 Å². The molecule has 0 spiro atoms. The minimum absolute atomic E-state index is 0.0631. The number of ether oxygens (including phenoxy) is 2. The number of rotatable bonds is 8. The zero-order chi connectivity index (χ0) is 23.4. The van der Waals surface area contributed by atoms with Crippen molar-refractivity contribution in [1.82, 2.24) is 9.97 Å². The van der Waals surface area contributed by atoms with E-state index in [1.807, 2.05) is 19.2 Å². The Morgan fingerprint density at radius 2 is 2.00 bits per heavy atom. The van der Waals surface area contributed by atoms with Crippen LogP contribution in [-0.4, -0.2) is 61.2 Å². The lowest BCUT2D eigenvalue weighted by Crippen LogP contribution is -2.38. The van der Waals surface area contributed by atoms with E-state index in [0.29, 0.717) is 23.4 Å². The lowest BCUT2D eigenvalue weighted by molar-refractivity contribution is -0.117. The number of nitrogens with zero attached hydrogens (tertiary/aromatic N) is 4. The molecule has 4 rings (SSSR count). The van der Waals surface area contributed by atoms with Gasteiger partial charge >= 0.3 is 0 Å². The lowest BCUT2D eigenvalue weighted by Gasteiger charge is -2.31. The largest absolute Gasteiger partial charge is 0.489 e. The van der Waals surface area contributed by atoms with Crippen LogP contribution in [0.1, 0.15) is 51.0 Å². The van der Waals surface area contributed by atoms with Crippen LogP contribution < -0.4 is 14.5 Å². The zero-order valence-electron chi connectivity index (χ0n) is 19.7. The molecule has 178 valence electrons. The molecule has 2 aliphatic rings. The molecule has 2 fully saturated rings. The van der Waals surface area contributed by atoms with Crippen molar-refractivity contribution in [2.75, 3.05) is 43.2 Å². The Kier molecular flexibility index (Phi) is 7.71. The number of Topliss-reactive ketones (excluding diaryl/α,β-unsaturated/α-hetero) is 1. The number of ketones is 1. The monoisotopic (exact) mass is 472 g/mol. The SMILES string of the molecule is CC(=O)C[C@@H](C)c1ccc(O[C@@H]2CCN(c3nc(N(C)C4CCOCC4)ncc3Cl)C2)cc1. The highest BCUT2D eigenvalue weighted by Crippen LogP contribution is 2.30. The maximum Gasteiger partial charge on any atom is 0.227 e. The third kappa shape index (κ3) is 5.95. The number of halogens is 1. The molecule has 0 radical (unpaired) electrons. The summed E-state index contributed by atoms with van der Waals surface area (Å²) in [5.74, 6) is 2.72. The van der Waals surface area contributed by atoms with Crippen molar-refractivity contribution in [3.05, 3.63) is 41.0 Å². The van der Waals surface area contributed by atoms with Crippen LogP contribution in [0.5, 0.6) is 5.75 Å². The fraction of sp³-hybridized carbons (Fsp3) is 0.560. The molecule has 1 aromatic carbocycles. The number of hydrogen-bond donors (Lipinski definition) is 0. The molecule has 1 aromatic heterocycles. The summed E-state index contributed by atoms with van der Waals surface area (Å²) < 4.78 is 11.7. The van der Waals surface area contributed by atoms with Crippen molar-refractivity contribution in [3.63, 3.8) is 0 Å². The van der Waals surface area contributed by atoms with E-state index >= 15 is 0 Å². The molecule has 2 atom stereocenters. The van der Waals surface area contributed by atoms with Crippen molar-refractivity contribution in [1.29, 1.82) is 0 Å². The van der Waals surface area contributed by atoms with Crippen molar-refractivity contribution in [2.24, 2.45) is 0 Å². The molecule has 7 nitrogen and oxygen atoms in total. The summed E-state index contributed by atoms with van der Waals surface area (Å²) in [6.45, 7) is 6.81. The highest BCUT2D eigenvalue weighted by atomic mass is 35.5. The van der Waals surface area contributed by atoms with Crippen LogP contribution in [0.3, 0.4) is 0 Å². The van der Waals surface area contributed by atoms with E-state index in [2.05, 4.69) is 33.8 Å². The summed E-state index contributed by atoms with van der Waals surface area (Å²) in [5.41, 5.74) is 1.15. The average molecular weight is 473 g/mol. The van der Waals surface area contributed by atoms with E-state index in [4.69, 9.17) is 26.1 Å². The first-order chi connectivity index (χ1) is 15.9. The summed E-state index contributed by atoms with van der Waals surface area (Å²) in [5, 5.41) is 0.559. The van der Waals surface area contributed by atoms with Gasteiger partial charge in [-0.1, -0.05) is 30.7 Å². The Labute approximate surface area is 201 Å². The highest BCUT2D eigenvalue weighted by Gasteiger charge is 2.28. The molecule has 2 saturated heterocycles. The van der Waals surface area contributed by atoms with E-state index in [1.54, 1.807) is 13.1 Å². The molecule has 0 amide bonds. The van der Waals surface area contributed by atoms with Crippen LogP contribution >= 0.6 is 11.6 Å². The maximum absolute atomic E-state index is 11.4. The Hall–Kier alpha value is -2.38. The molecular weight excluding hydrogens is 440 g/mol. The fourth-order valence-electron chi connectivity index (χ4n) is 4.61. The molecule has 2 aromatic rings.